The van der Waals surface area contributed by atoms with E-state index >= 15 is 0 Å². The molecule has 2 N–H and O–H groups in total. The van der Waals surface area contributed by atoms with Crippen molar-refractivity contribution >= 4 is 6.09 Å². The smallest absolute Gasteiger partial charge is 0.409 e. The highest BCUT2D eigenvalue weighted by Crippen LogP contribution is 2.11. The summed E-state index contributed by atoms with van der Waals surface area (Å²) in [5, 5.41) is 0. The SMILES string of the molecule is CCC(N)(CC)COC(=O)N(C)C. The maximum absolute atomic E-state index is 11.1. The molecule has 0 aromatic carbocycles. The topological polar surface area (TPSA) is 55.6 Å². The first-order chi connectivity index (χ1) is 5.95. The quantitative estimate of drug-likeness (QED) is 0.721. The van der Waals surface area contributed by atoms with E-state index in [1.807, 2.05) is 13.8 Å². The standard InChI is InChI=1S/C9H20N2O2/c1-5-9(10,6-2)7-13-8(12)11(3)4/h5-7,10H2,1-4H3. The van der Waals surface area contributed by atoms with Gasteiger partial charge in [-0.1, -0.05) is 13.8 Å². The highest BCUT2D eigenvalue weighted by molar-refractivity contribution is 5.66. The average Bonchev–Trinajstić information content (AvgIpc) is 2.13. The maximum Gasteiger partial charge on any atom is 0.409 e. The molecule has 0 aliphatic carbocycles. The van der Waals surface area contributed by atoms with Gasteiger partial charge in [0, 0.05) is 19.6 Å². The first kappa shape index (κ1) is 12.2. The van der Waals surface area contributed by atoms with E-state index in [0.29, 0.717) is 0 Å². The van der Waals surface area contributed by atoms with Crippen molar-refractivity contribution in [2.24, 2.45) is 5.73 Å². The maximum atomic E-state index is 11.1. The third kappa shape index (κ3) is 4.12. The number of ether oxygens (including phenoxy) is 1. The summed E-state index contributed by atoms with van der Waals surface area (Å²) in [5.41, 5.74) is 5.58. The van der Waals surface area contributed by atoms with Crippen molar-refractivity contribution < 1.29 is 9.53 Å². The molecule has 0 aliphatic heterocycles. The number of nitrogens with two attached hydrogens (primary N) is 1. The summed E-state index contributed by atoms with van der Waals surface area (Å²) in [5.74, 6) is 0. The van der Waals surface area contributed by atoms with Gasteiger partial charge in [-0.2, -0.15) is 0 Å². The molecule has 0 heterocycles. The lowest BCUT2D eigenvalue weighted by atomic mass is 9.96. The molecule has 13 heavy (non-hydrogen) atoms. The molecule has 0 radical (unpaired) electrons. The number of hydrogen-bond donors (Lipinski definition) is 1. The minimum Gasteiger partial charge on any atom is -0.447 e. The third-order valence-electron chi connectivity index (χ3n) is 2.26. The molecule has 0 fully saturated rings. The van der Waals surface area contributed by atoms with E-state index in [1.165, 1.54) is 4.90 Å². The lowest BCUT2D eigenvalue weighted by Gasteiger charge is -2.26. The Morgan fingerprint density at radius 2 is 1.85 bits per heavy atom. The van der Waals surface area contributed by atoms with E-state index in [4.69, 9.17) is 10.5 Å². The van der Waals surface area contributed by atoms with E-state index in [2.05, 4.69) is 0 Å². The number of carbonyl (C=O) groups excluding carboxylic acids is 1. The van der Waals surface area contributed by atoms with Crippen LogP contribution in [0.15, 0.2) is 0 Å². The summed E-state index contributed by atoms with van der Waals surface area (Å²) < 4.78 is 5.01. The molecule has 4 heteroatoms. The summed E-state index contributed by atoms with van der Waals surface area (Å²) in [6, 6.07) is 0. The second kappa shape index (κ2) is 5.07. The van der Waals surface area contributed by atoms with Gasteiger partial charge >= 0.3 is 6.09 Å². The highest BCUT2D eigenvalue weighted by atomic mass is 16.6. The molecule has 0 saturated heterocycles. The second-order valence-corrected chi connectivity index (χ2v) is 3.52. The molecule has 0 bridgehead atoms. The van der Waals surface area contributed by atoms with Gasteiger partial charge in [-0.3, -0.25) is 0 Å². The first-order valence-corrected chi connectivity index (χ1v) is 4.58. The third-order valence-corrected chi connectivity index (χ3v) is 2.26. The van der Waals surface area contributed by atoms with Crippen LogP contribution in [-0.4, -0.2) is 37.2 Å². The number of amides is 1. The second-order valence-electron chi connectivity index (χ2n) is 3.52. The Kier molecular flexibility index (Phi) is 4.77. The lowest BCUT2D eigenvalue weighted by Crippen LogP contribution is -2.44. The van der Waals surface area contributed by atoms with Gasteiger partial charge in [0.05, 0.1) is 0 Å². The van der Waals surface area contributed by atoms with Gasteiger partial charge in [0.15, 0.2) is 0 Å². The van der Waals surface area contributed by atoms with E-state index < -0.39 is 0 Å². The monoisotopic (exact) mass is 188 g/mol. The number of nitrogens with zero attached hydrogens (tertiary/aromatic N) is 1. The van der Waals surface area contributed by atoms with Gasteiger partial charge < -0.3 is 15.4 Å². The minimum absolute atomic E-state index is 0.289. The fraction of sp³-hybridized carbons (Fsp3) is 0.889. The van der Waals surface area contributed by atoms with Crippen LogP contribution < -0.4 is 5.73 Å². The number of rotatable bonds is 4. The van der Waals surface area contributed by atoms with Gasteiger partial charge in [0.2, 0.25) is 0 Å². The first-order valence-electron chi connectivity index (χ1n) is 4.58. The van der Waals surface area contributed by atoms with Crippen molar-refractivity contribution in [3.63, 3.8) is 0 Å². The molecule has 4 nitrogen and oxygen atoms in total. The molecule has 1 amide bonds. The van der Waals surface area contributed by atoms with Crippen LogP contribution in [0.5, 0.6) is 0 Å². The minimum atomic E-state index is -0.369. The van der Waals surface area contributed by atoms with Crippen LogP contribution in [0.25, 0.3) is 0 Å². The van der Waals surface area contributed by atoms with E-state index in [0.717, 1.165) is 12.8 Å². The molecule has 0 rings (SSSR count). The Morgan fingerprint density at radius 1 is 1.38 bits per heavy atom. The van der Waals surface area contributed by atoms with Crippen LogP contribution in [0, 0.1) is 0 Å². The predicted molar refractivity (Wildman–Crippen MR) is 52.5 cm³/mol. The van der Waals surface area contributed by atoms with Crippen molar-refractivity contribution in [3.8, 4) is 0 Å². The van der Waals surface area contributed by atoms with Crippen molar-refractivity contribution in [2.75, 3.05) is 20.7 Å². The summed E-state index contributed by atoms with van der Waals surface area (Å²) in [6.07, 6.45) is 1.28. The molecule has 0 saturated carbocycles. The van der Waals surface area contributed by atoms with Crippen molar-refractivity contribution in [1.29, 1.82) is 0 Å². The summed E-state index contributed by atoms with van der Waals surface area (Å²) in [6.45, 7) is 4.27. The summed E-state index contributed by atoms with van der Waals surface area (Å²) in [4.78, 5) is 12.5. The summed E-state index contributed by atoms with van der Waals surface area (Å²) in [7, 11) is 3.30. The zero-order valence-corrected chi connectivity index (χ0v) is 8.96. The van der Waals surface area contributed by atoms with Gasteiger partial charge in [-0.05, 0) is 12.8 Å². The Labute approximate surface area is 80.0 Å². The van der Waals surface area contributed by atoms with Crippen molar-refractivity contribution in [3.05, 3.63) is 0 Å². The molecule has 0 spiro atoms. The zero-order chi connectivity index (χ0) is 10.5. The van der Waals surface area contributed by atoms with Crippen LogP contribution in [0.2, 0.25) is 0 Å². The Bertz CT molecular complexity index is 165. The number of carbonyl (C=O) groups is 1. The average molecular weight is 188 g/mol. The van der Waals surface area contributed by atoms with Gasteiger partial charge in [0.25, 0.3) is 0 Å². The predicted octanol–water partition coefficient (Wildman–Crippen LogP) is 1.20. The van der Waals surface area contributed by atoms with Crippen molar-refractivity contribution in [2.45, 2.75) is 32.2 Å². The molecule has 0 unspecified atom stereocenters. The van der Waals surface area contributed by atoms with Gasteiger partial charge in [-0.15, -0.1) is 0 Å². The van der Waals surface area contributed by atoms with E-state index in [9.17, 15) is 4.79 Å². The van der Waals surface area contributed by atoms with Gasteiger partial charge in [-0.25, -0.2) is 4.79 Å². The molecule has 0 aromatic rings. The normalized spacial score (nSPS) is 11.2. The largest absolute Gasteiger partial charge is 0.447 e. The van der Waals surface area contributed by atoms with Crippen LogP contribution in [-0.2, 0) is 4.74 Å². The van der Waals surface area contributed by atoms with E-state index in [1.54, 1.807) is 14.1 Å². The zero-order valence-electron chi connectivity index (χ0n) is 8.96. The molecular weight excluding hydrogens is 168 g/mol. The Balaban J connectivity index is 3.92. The van der Waals surface area contributed by atoms with Crippen LogP contribution in [0.4, 0.5) is 4.79 Å². The van der Waals surface area contributed by atoms with Crippen LogP contribution >= 0.6 is 0 Å². The molecule has 78 valence electrons. The van der Waals surface area contributed by atoms with Crippen molar-refractivity contribution in [1.82, 2.24) is 4.90 Å². The van der Waals surface area contributed by atoms with Crippen LogP contribution in [0.1, 0.15) is 26.7 Å². The highest BCUT2D eigenvalue weighted by Gasteiger charge is 2.22. The fourth-order valence-corrected chi connectivity index (χ4v) is 0.789. The molecule has 0 aliphatic rings. The Hall–Kier alpha value is -0.770. The Morgan fingerprint density at radius 3 is 2.15 bits per heavy atom. The van der Waals surface area contributed by atoms with E-state index in [-0.39, 0.29) is 18.2 Å². The molecular formula is C9H20N2O2. The lowest BCUT2D eigenvalue weighted by molar-refractivity contribution is 0.0904. The van der Waals surface area contributed by atoms with Crippen LogP contribution in [0.3, 0.4) is 0 Å². The fourth-order valence-electron chi connectivity index (χ4n) is 0.789. The molecule has 0 atom stereocenters. The van der Waals surface area contributed by atoms with Gasteiger partial charge in [0.1, 0.15) is 6.61 Å². The summed E-state index contributed by atoms with van der Waals surface area (Å²) >= 11 is 0. The molecule has 0 aromatic heterocycles. The number of hydrogen-bond acceptors (Lipinski definition) is 3.